The van der Waals surface area contributed by atoms with Gasteiger partial charge >= 0.3 is 5.97 Å². The summed E-state index contributed by atoms with van der Waals surface area (Å²) in [5, 5.41) is 18.6. The van der Waals surface area contributed by atoms with E-state index in [0.717, 1.165) is 6.42 Å². The molecule has 1 fully saturated rings. The largest absolute Gasteiger partial charge is 0.505 e. The van der Waals surface area contributed by atoms with Crippen LogP contribution < -0.4 is 0 Å². The van der Waals surface area contributed by atoms with E-state index in [1.807, 2.05) is 0 Å². The number of hydrogen-bond acceptors (Lipinski definition) is 2. The third-order valence-electron chi connectivity index (χ3n) is 3.40. The second-order valence-electron chi connectivity index (χ2n) is 4.37. The van der Waals surface area contributed by atoms with E-state index in [1.165, 1.54) is 19.1 Å². The summed E-state index contributed by atoms with van der Waals surface area (Å²) < 4.78 is 13.2. The fourth-order valence-corrected chi connectivity index (χ4v) is 2.18. The van der Waals surface area contributed by atoms with Gasteiger partial charge in [-0.05, 0) is 37.0 Å². The van der Waals surface area contributed by atoms with Crippen molar-refractivity contribution >= 4 is 5.97 Å². The number of aromatic hydroxyl groups is 1. The Balaban J connectivity index is 2.52. The van der Waals surface area contributed by atoms with Crippen LogP contribution in [0.25, 0.3) is 0 Å². The highest BCUT2D eigenvalue weighted by atomic mass is 19.1. The molecule has 0 aromatic heterocycles. The first-order chi connectivity index (χ1) is 7.47. The Morgan fingerprint density at radius 2 is 2.06 bits per heavy atom. The fraction of sp³-hybridized carbons (Fsp3) is 0.417. The number of benzene rings is 1. The highest BCUT2D eigenvalue weighted by Gasteiger charge is 2.46. The van der Waals surface area contributed by atoms with Crippen LogP contribution in [0.4, 0.5) is 4.39 Å². The van der Waals surface area contributed by atoms with Crippen molar-refractivity contribution in [2.75, 3.05) is 0 Å². The molecule has 1 aromatic carbocycles. The lowest BCUT2D eigenvalue weighted by Gasteiger charge is -2.38. The van der Waals surface area contributed by atoms with Crippen LogP contribution in [0.15, 0.2) is 12.1 Å². The number of hydrogen-bond donors (Lipinski definition) is 2. The summed E-state index contributed by atoms with van der Waals surface area (Å²) in [6.45, 7) is 1.52. The SMILES string of the molecule is Cc1cc(C2(C(=O)O)CCC2)cc(O)c1F. The Morgan fingerprint density at radius 3 is 2.44 bits per heavy atom. The van der Waals surface area contributed by atoms with Crippen molar-refractivity contribution in [3.8, 4) is 5.75 Å². The smallest absolute Gasteiger partial charge is 0.314 e. The van der Waals surface area contributed by atoms with Gasteiger partial charge in [0, 0.05) is 0 Å². The van der Waals surface area contributed by atoms with Crippen molar-refractivity contribution in [1.82, 2.24) is 0 Å². The monoisotopic (exact) mass is 224 g/mol. The number of aryl methyl sites for hydroxylation is 1. The number of carboxylic acids is 1. The summed E-state index contributed by atoms with van der Waals surface area (Å²) in [4.78, 5) is 11.2. The highest BCUT2D eigenvalue weighted by molar-refractivity contribution is 5.82. The van der Waals surface area contributed by atoms with E-state index in [4.69, 9.17) is 0 Å². The van der Waals surface area contributed by atoms with Crippen molar-refractivity contribution in [2.45, 2.75) is 31.6 Å². The minimum absolute atomic E-state index is 0.280. The van der Waals surface area contributed by atoms with Crippen molar-refractivity contribution in [2.24, 2.45) is 0 Å². The predicted octanol–water partition coefficient (Wildman–Crippen LogP) is 2.35. The summed E-state index contributed by atoms with van der Waals surface area (Å²) in [6.07, 6.45) is 1.95. The molecule has 2 rings (SSSR count). The number of aliphatic carboxylic acids is 1. The molecule has 0 bridgehead atoms. The Kier molecular flexibility index (Phi) is 2.37. The van der Waals surface area contributed by atoms with Crippen molar-refractivity contribution in [3.63, 3.8) is 0 Å². The molecule has 0 heterocycles. The molecular formula is C12H13FO3. The zero-order chi connectivity index (χ0) is 11.9. The van der Waals surface area contributed by atoms with Gasteiger partial charge in [0.2, 0.25) is 0 Å². The van der Waals surface area contributed by atoms with Gasteiger partial charge in [0.15, 0.2) is 11.6 Å². The van der Waals surface area contributed by atoms with E-state index in [9.17, 15) is 19.4 Å². The first-order valence-electron chi connectivity index (χ1n) is 5.20. The molecule has 1 saturated carbocycles. The third kappa shape index (κ3) is 1.37. The summed E-state index contributed by atoms with van der Waals surface area (Å²) >= 11 is 0. The molecule has 1 aliphatic carbocycles. The second-order valence-corrected chi connectivity index (χ2v) is 4.37. The van der Waals surface area contributed by atoms with Crippen LogP contribution >= 0.6 is 0 Å². The summed E-state index contributed by atoms with van der Waals surface area (Å²) in [7, 11) is 0. The molecular weight excluding hydrogens is 211 g/mol. The number of carbonyl (C=O) groups is 1. The van der Waals surface area contributed by atoms with Crippen LogP contribution in [0.3, 0.4) is 0 Å². The van der Waals surface area contributed by atoms with Crippen LogP contribution in [0, 0.1) is 12.7 Å². The Hall–Kier alpha value is -1.58. The number of rotatable bonds is 2. The van der Waals surface area contributed by atoms with Crippen LogP contribution in [0.1, 0.15) is 30.4 Å². The van der Waals surface area contributed by atoms with Gasteiger partial charge in [0.05, 0.1) is 5.41 Å². The predicted molar refractivity (Wildman–Crippen MR) is 56.0 cm³/mol. The normalized spacial score (nSPS) is 17.9. The highest BCUT2D eigenvalue weighted by Crippen LogP contribution is 2.45. The molecule has 0 amide bonds. The van der Waals surface area contributed by atoms with E-state index in [-0.39, 0.29) is 5.56 Å². The Bertz CT molecular complexity index is 427. The molecule has 16 heavy (non-hydrogen) atoms. The third-order valence-corrected chi connectivity index (χ3v) is 3.40. The Morgan fingerprint density at radius 1 is 1.44 bits per heavy atom. The number of phenolic OH excluding ortho intramolecular Hbond substituents is 1. The first-order valence-corrected chi connectivity index (χ1v) is 5.20. The standard InChI is InChI=1S/C12H13FO3/c1-7-5-8(6-9(14)10(7)13)12(11(15)16)3-2-4-12/h5-6,14H,2-4H2,1H3,(H,15,16). The van der Waals surface area contributed by atoms with Crippen LogP contribution in [0.2, 0.25) is 0 Å². The second kappa shape index (κ2) is 3.47. The molecule has 0 radical (unpaired) electrons. The summed E-state index contributed by atoms with van der Waals surface area (Å²) in [6, 6.07) is 2.75. The number of phenols is 1. The zero-order valence-electron chi connectivity index (χ0n) is 8.96. The number of halogens is 1. The van der Waals surface area contributed by atoms with Gasteiger partial charge in [-0.15, -0.1) is 0 Å². The average Bonchev–Trinajstić information content (AvgIpc) is 2.11. The molecule has 0 unspecified atom stereocenters. The van der Waals surface area contributed by atoms with Crippen LogP contribution in [-0.2, 0) is 10.2 Å². The molecule has 86 valence electrons. The lowest BCUT2D eigenvalue weighted by molar-refractivity contribution is -0.147. The minimum Gasteiger partial charge on any atom is -0.505 e. The van der Waals surface area contributed by atoms with Crippen molar-refractivity contribution in [3.05, 3.63) is 29.1 Å². The van der Waals surface area contributed by atoms with Gasteiger partial charge in [-0.3, -0.25) is 4.79 Å². The molecule has 0 spiro atoms. The van der Waals surface area contributed by atoms with Crippen LogP contribution in [-0.4, -0.2) is 16.2 Å². The fourth-order valence-electron chi connectivity index (χ4n) is 2.18. The molecule has 1 aromatic rings. The molecule has 0 atom stereocenters. The molecule has 2 N–H and O–H groups in total. The van der Waals surface area contributed by atoms with E-state index in [2.05, 4.69) is 0 Å². The van der Waals surface area contributed by atoms with Gasteiger partial charge in [0.1, 0.15) is 0 Å². The quantitative estimate of drug-likeness (QED) is 0.810. The van der Waals surface area contributed by atoms with Gasteiger partial charge < -0.3 is 10.2 Å². The van der Waals surface area contributed by atoms with E-state index < -0.39 is 23.0 Å². The number of carboxylic acid groups (broad SMARTS) is 1. The first kappa shape index (κ1) is 10.9. The van der Waals surface area contributed by atoms with Gasteiger partial charge in [0.25, 0.3) is 0 Å². The maximum Gasteiger partial charge on any atom is 0.314 e. The van der Waals surface area contributed by atoms with E-state index >= 15 is 0 Å². The molecule has 0 saturated heterocycles. The summed E-state index contributed by atoms with van der Waals surface area (Å²) in [5.41, 5.74) is -0.138. The maximum absolute atomic E-state index is 13.2. The van der Waals surface area contributed by atoms with Gasteiger partial charge in [-0.25, -0.2) is 4.39 Å². The molecule has 1 aliphatic rings. The van der Waals surface area contributed by atoms with Gasteiger partial charge in [-0.2, -0.15) is 0 Å². The zero-order valence-corrected chi connectivity index (χ0v) is 8.96. The van der Waals surface area contributed by atoms with E-state index in [0.29, 0.717) is 18.4 Å². The van der Waals surface area contributed by atoms with Gasteiger partial charge in [-0.1, -0.05) is 12.5 Å². The van der Waals surface area contributed by atoms with E-state index in [1.54, 1.807) is 0 Å². The molecule has 3 nitrogen and oxygen atoms in total. The van der Waals surface area contributed by atoms with Crippen LogP contribution in [0.5, 0.6) is 5.75 Å². The topological polar surface area (TPSA) is 57.5 Å². The minimum atomic E-state index is -0.921. The molecule has 0 aliphatic heterocycles. The van der Waals surface area contributed by atoms with Crippen molar-refractivity contribution in [1.29, 1.82) is 0 Å². The average molecular weight is 224 g/mol. The lowest BCUT2D eigenvalue weighted by Crippen LogP contribution is -2.42. The van der Waals surface area contributed by atoms with Crippen molar-refractivity contribution < 1.29 is 19.4 Å². The molecule has 4 heteroatoms. The summed E-state index contributed by atoms with van der Waals surface area (Å²) in [5.74, 6) is -2.05. The Labute approximate surface area is 92.5 Å². The lowest BCUT2D eigenvalue weighted by atomic mass is 9.64. The maximum atomic E-state index is 13.2.